The first kappa shape index (κ1) is 16.0. The molecular formula is C19H20ClN5. The van der Waals surface area contributed by atoms with E-state index < -0.39 is 0 Å². The van der Waals surface area contributed by atoms with Crippen LogP contribution in [-0.2, 0) is 6.42 Å². The molecule has 0 aliphatic carbocycles. The molecule has 1 aromatic heterocycles. The molecule has 3 aromatic rings. The molecule has 4 rings (SSSR count). The van der Waals surface area contributed by atoms with Gasteiger partial charge in [-0.2, -0.15) is 4.98 Å². The van der Waals surface area contributed by atoms with Crippen molar-refractivity contribution in [1.29, 1.82) is 0 Å². The van der Waals surface area contributed by atoms with Crippen molar-refractivity contribution in [2.24, 2.45) is 0 Å². The van der Waals surface area contributed by atoms with E-state index in [4.69, 9.17) is 17.3 Å². The van der Waals surface area contributed by atoms with Crippen LogP contribution < -0.4 is 11.1 Å². The van der Waals surface area contributed by atoms with Gasteiger partial charge in [-0.25, -0.2) is 4.68 Å². The van der Waals surface area contributed by atoms with E-state index in [-0.39, 0.29) is 18.0 Å². The number of halogens is 1. The van der Waals surface area contributed by atoms with Gasteiger partial charge in [-0.3, -0.25) is 0 Å². The Hall–Kier alpha value is -2.53. The summed E-state index contributed by atoms with van der Waals surface area (Å²) in [5, 5.41) is 8.57. The van der Waals surface area contributed by atoms with Gasteiger partial charge in [0.15, 0.2) is 0 Å². The Morgan fingerprint density at radius 2 is 1.80 bits per heavy atom. The van der Waals surface area contributed by atoms with E-state index in [1.165, 1.54) is 11.1 Å². The second-order valence-corrected chi connectivity index (χ2v) is 6.77. The minimum Gasteiger partial charge on any atom is -0.366 e. The predicted molar refractivity (Wildman–Crippen MR) is 101 cm³/mol. The largest absolute Gasteiger partial charge is 0.366 e. The molecule has 2 aromatic carbocycles. The van der Waals surface area contributed by atoms with Gasteiger partial charge in [-0.1, -0.05) is 54.9 Å². The Morgan fingerprint density at radius 1 is 1.12 bits per heavy atom. The van der Waals surface area contributed by atoms with Crippen molar-refractivity contribution in [3.63, 3.8) is 0 Å². The summed E-state index contributed by atoms with van der Waals surface area (Å²) in [6, 6.07) is 16.8. The fraction of sp³-hybridized carbons (Fsp3) is 0.263. The van der Waals surface area contributed by atoms with Gasteiger partial charge in [0, 0.05) is 5.02 Å². The van der Waals surface area contributed by atoms with E-state index in [0.717, 1.165) is 23.4 Å². The molecule has 2 heterocycles. The summed E-state index contributed by atoms with van der Waals surface area (Å²) >= 11 is 6.04. The lowest BCUT2D eigenvalue weighted by molar-refractivity contribution is 0.431. The Kier molecular flexibility index (Phi) is 4.09. The average Bonchev–Trinajstić information content (AvgIpc) is 3.02. The fourth-order valence-corrected chi connectivity index (χ4v) is 3.49. The molecule has 1 aliphatic rings. The number of rotatable bonds is 3. The van der Waals surface area contributed by atoms with Gasteiger partial charge in [0.1, 0.15) is 0 Å². The molecule has 0 radical (unpaired) electrons. The zero-order chi connectivity index (χ0) is 17.4. The minimum atomic E-state index is 0.0640. The normalized spacial score (nSPS) is 19.3. The van der Waals surface area contributed by atoms with Crippen molar-refractivity contribution < 1.29 is 0 Å². The van der Waals surface area contributed by atoms with Crippen molar-refractivity contribution in [2.75, 3.05) is 11.1 Å². The zero-order valence-corrected chi connectivity index (χ0v) is 14.7. The van der Waals surface area contributed by atoms with Crippen molar-refractivity contribution in [2.45, 2.75) is 31.8 Å². The number of nitrogens with one attached hydrogen (secondary N) is 1. The average molecular weight is 354 g/mol. The molecule has 3 N–H and O–H groups in total. The summed E-state index contributed by atoms with van der Waals surface area (Å²) in [5.41, 5.74) is 9.56. The summed E-state index contributed by atoms with van der Waals surface area (Å²) in [6.07, 6.45) is 1.90. The van der Waals surface area contributed by atoms with Gasteiger partial charge in [0.25, 0.3) is 0 Å². The number of nitrogen functional groups attached to an aromatic ring is 1. The van der Waals surface area contributed by atoms with Crippen LogP contribution in [0.4, 0.5) is 11.9 Å². The van der Waals surface area contributed by atoms with Crippen LogP contribution in [0.15, 0.2) is 48.5 Å². The van der Waals surface area contributed by atoms with E-state index in [1.807, 2.05) is 28.9 Å². The molecule has 0 fully saturated rings. The van der Waals surface area contributed by atoms with Gasteiger partial charge in [-0.05, 0) is 41.7 Å². The van der Waals surface area contributed by atoms with Crippen LogP contribution in [0.2, 0.25) is 5.02 Å². The third-order valence-corrected chi connectivity index (χ3v) is 5.00. The summed E-state index contributed by atoms with van der Waals surface area (Å²) in [6.45, 7) is 2.16. The molecule has 5 nitrogen and oxygen atoms in total. The third kappa shape index (κ3) is 3.07. The zero-order valence-electron chi connectivity index (χ0n) is 14.0. The highest BCUT2D eigenvalue weighted by atomic mass is 35.5. The number of nitrogens with zero attached hydrogens (tertiary/aromatic N) is 3. The highest BCUT2D eigenvalue weighted by Crippen LogP contribution is 2.38. The standard InChI is InChI=1S/C19H20ClN5/c1-2-12-3-5-13(6-4-12)16-11-17(14-7-9-15(20)10-8-14)25-19(22-16)23-18(21)24-25/h3-10,16-17H,2,11H2,1H3,(H3,21,22,23,24)/t16-,17+/m0/s1. The topological polar surface area (TPSA) is 68.8 Å². The molecule has 0 bridgehead atoms. The number of hydrogen-bond donors (Lipinski definition) is 2. The summed E-state index contributed by atoms with van der Waals surface area (Å²) in [5.74, 6) is 0.983. The molecule has 128 valence electrons. The lowest BCUT2D eigenvalue weighted by Gasteiger charge is -2.31. The van der Waals surface area contributed by atoms with E-state index in [9.17, 15) is 0 Å². The van der Waals surface area contributed by atoms with E-state index in [2.05, 4.69) is 46.6 Å². The Labute approximate surface area is 151 Å². The Balaban J connectivity index is 1.71. The van der Waals surface area contributed by atoms with E-state index in [0.29, 0.717) is 5.95 Å². The number of hydrogen-bond acceptors (Lipinski definition) is 4. The van der Waals surface area contributed by atoms with Crippen molar-refractivity contribution in [1.82, 2.24) is 14.8 Å². The maximum Gasteiger partial charge on any atom is 0.241 e. The molecule has 0 saturated heterocycles. The molecule has 0 unspecified atom stereocenters. The number of aromatic nitrogens is 3. The van der Waals surface area contributed by atoms with Gasteiger partial charge in [0.2, 0.25) is 11.9 Å². The van der Waals surface area contributed by atoms with Gasteiger partial charge in [0.05, 0.1) is 12.1 Å². The first-order valence-corrected chi connectivity index (χ1v) is 8.84. The number of fused-ring (bicyclic) bond motifs is 1. The number of benzene rings is 2. The molecule has 1 aliphatic heterocycles. The lowest BCUT2D eigenvalue weighted by atomic mass is 9.93. The molecule has 25 heavy (non-hydrogen) atoms. The van der Waals surface area contributed by atoms with Crippen molar-refractivity contribution in [3.05, 3.63) is 70.2 Å². The second-order valence-electron chi connectivity index (χ2n) is 6.33. The Bertz CT molecular complexity index is 870. The quantitative estimate of drug-likeness (QED) is 0.739. The van der Waals surface area contributed by atoms with Crippen LogP contribution in [0.25, 0.3) is 0 Å². The van der Waals surface area contributed by atoms with Crippen molar-refractivity contribution >= 4 is 23.5 Å². The van der Waals surface area contributed by atoms with Gasteiger partial charge >= 0.3 is 0 Å². The first-order chi connectivity index (χ1) is 12.1. The molecular weight excluding hydrogens is 334 g/mol. The summed E-state index contributed by atoms with van der Waals surface area (Å²) in [4.78, 5) is 4.35. The van der Waals surface area contributed by atoms with Crippen LogP contribution in [0, 0.1) is 0 Å². The van der Waals surface area contributed by atoms with Crippen LogP contribution in [0.3, 0.4) is 0 Å². The number of aryl methyl sites for hydroxylation is 1. The predicted octanol–water partition coefficient (Wildman–Crippen LogP) is 4.22. The fourth-order valence-electron chi connectivity index (χ4n) is 3.36. The van der Waals surface area contributed by atoms with Crippen LogP contribution >= 0.6 is 11.6 Å². The van der Waals surface area contributed by atoms with Gasteiger partial charge in [-0.15, -0.1) is 5.10 Å². The molecule has 0 spiro atoms. The number of anilines is 2. The first-order valence-electron chi connectivity index (χ1n) is 8.47. The highest BCUT2D eigenvalue weighted by Gasteiger charge is 2.30. The molecule has 6 heteroatoms. The Morgan fingerprint density at radius 3 is 2.48 bits per heavy atom. The summed E-state index contributed by atoms with van der Waals surface area (Å²) < 4.78 is 1.87. The maximum absolute atomic E-state index is 6.04. The van der Waals surface area contributed by atoms with Crippen molar-refractivity contribution in [3.8, 4) is 0 Å². The second kappa shape index (κ2) is 6.41. The molecule has 0 amide bonds. The van der Waals surface area contributed by atoms with E-state index >= 15 is 0 Å². The lowest BCUT2D eigenvalue weighted by Crippen LogP contribution is -2.28. The van der Waals surface area contributed by atoms with Crippen LogP contribution in [0.1, 0.15) is 42.1 Å². The summed E-state index contributed by atoms with van der Waals surface area (Å²) in [7, 11) is 0. The third-order valence-electron chi connectivity index (χ3n) is 4.75. The van der Waals surface area contributed by atoms with Crippen LogP contribution in [-0.4, -0.2) is 14.8 Å². The van der Waals surface area contributed by atoms with Gasteiger partial charge < -0.3 is 11.1 Å². The van der Waals surface area contributed by atoms with Crippen LogP contribution in [0.5, 0.6) is 0 Å². The van der Waals surface area contributed by atoms with E-state index in [1.54, 1.807) is 0 Å². The maximum atomic E-state index is 6.04. The smallest absolute Gasteiger partial charge is 0.241 e. The molecule has 2 atom stereocenters. The SMILES string of the molecule is CCc1ccc([C@@H]2C[C@H](c3ccc(Cl)cc3)n3nc(N)nc3N2)cc1. The molecule has 0 saturated carbocycles. The monoisotopic (exact) mass is 353 g/mol. The highest BCUT2D eigenvalue weighted by molar-refractivity contribution is 6.30. The minimum absolute atomic E-state index is 0.0640. The number of nitrogens with two attached hydrogens (primary N) is 1.